The largest absolute Gasteiger partial charge is 0.456 e. The Bertz CT molecular complexity index is 985. The minimum absolute atomic E-state index is 0.132. The minimum Gasteiger partial charge on any atom is -0.456 e. The van der Waals surface area contributed by atoms with Crippen LogP contribution in [0.2, 0.25) is 0 Å². The number of hydrogen-bond donors (Lipinski definition) is 0. The molecule has 0 unspecified atom stereocenters. The summed E-state index contributed by atoms with van der Waals surface area (Å²) in [7, 11) is 0. The molecule has 0 fully saturated rings. The Morgan fingerprint density at radius 2 is 1.08 bits per heavy atom. The topological polar surface area (TPSA) is 47.3 Å². The number of hydrogen-bond acceptors (Lipinski definition) is 3. The van der Waals surface area contributed by atoms with Crippen molar-refractivity contribution >= 4 is 22.7 Å². The third-order valence-corrected chi connectivity index (χ3v) is 4.40. The molecular formula is C22H16O3. The maximum Gasteiger partial charge on any atom is 0.196 e. The van der Waals surface area contributed by atoms with Crippen LogP contribution in [0.3, 0.4) is 0 Å². The highest BCUT2D eigenvalue weighted by atomic mass is 16.3. The molecule has 122 valence electrons. The Kier molecular flexibility index (Phi) is 3.50. The van der Waals surface area contributed by atoms with Crippen molar-refractivity contribution in [2.45, 2.75) is 13.8 Å². The zero-order valence-corrected chi connectivity index (χ0v) is 14.0. The van der Waals surface area contributed by atoms with E-state index in [2.05, 4.69) is 0 Å². The van der Waals surface area contributed by atoms with Crippen LogP contribution >= 0.6 is 0 Å². The highest BCUT2D eigenvalue weighted by molar-refractivity contribution is 6.21. The van der Waals surface area contributed by atoms with Gasteiger partial charge in [-0.05, 0) is 26.0 Å². The van der Waals surface area contributed by atoms with E-state index in [9.17, 15) is 9.59 Å². The molecule has 2 aromatic carbocycles. The van der Waals surface area contributed by atoms with Crippen molar-refractivity contribution in [2.24, 2.45) is 0 Å². The second kappa shape index (κ2) is 5.71. The van der Waals surface area contributed by atoms with E-state index in [1.54, 1.807) is 36.4 Å². The van der Waals surface area contributed by atoms with Gasteiger partial charge in [-0.1, -0.05) is 59.7 Å². The van der Waals surface area contributed by atoms with Crippen molar-refractivity contribution in [3.05, 3.63) is 94.0 Å². The first-order valence-corrected chi connectivity index (χ1v) is 8.11. The molecule has 0 aliphatic heterocycles. The molecular weight excluding hydrogens is 312 g/mol. The van der Waals surface area contributed by atoms with Crippen LogP contribution in [0.25, 0.3) is 11.2 Å². The lowest BCUT2D eigenvalue weighted by Crippen LogP contribution is -2.05. The van der Waals surface area contributed by atoms with Crippen molar-refractivity contribution in [2.75, 3.05) is 0 Å². The monoisotopic (exact) mass is 328 g/mol. The summed E-state index contributed by atoms with van der Waals surface area (Å²) in [6.45, 7) is 3.94. The average molecular weight is 328 g/mol. The van der Waals surface area contributed by atoms with Gasteiger partial charge < -0.3 is 4.42 Å². The zero-order chi connectivity index (χ0) is 17.6. The molecule has 0 aliphatic rings. The summed E-state index contributed by atoms with van der Waals surface area (Å²) in [6.07, 6.45) is 0. The molecule has 2 aromatic heterocycles. The van der Waals surface area contributed by atoms with Crippen molar-refractivity contribution in [3.8, 4) is 0 Å². The van der Waals surface area contributed by atoms with Crippen LogP contribution in [0.5, 0.6) is 0 Å². The highest BCUT2D eigenvalue weighted by Gasteiger charge is 2.24. The van der Waals surface area contributed by atoms with E-state index in [1.807, 2.05) is 38.1 Å². The van der Waals surface area contributed by atoms with Gasteiger partial charge in [-0.2, -0.15) is 0 Å². The molecule has 2 bridgehead atoms. The smallest absolute Gasteiger partial charge is 0.196 e. The maximum absolute atomic E-state index is 12.8. The predicted octanol–water partition coefficient (Wildman–Crippen LogP) is 4.95. The third kappa shape index (κ3) is 2.64. The van der Waals surface area contributed by atoms with Gasteiger partial charge in [-0.15, -0.1) is 0 Å². The molecule has 0 saturated carbocycles. The van der Waals surface area contributed by atoms with Crippen LogP contribution in [0.4, 0.5) is 0 Å². The van der Waals surface area contributed by atoms with Gasteiger partial charge in [0.15, 0.2) is 11.6 Å². The highest BCUT2D eigenvalue weighted by Crippen LogP contribution is 2.31. The first-order valence-electron chi connectivity index (χ1n) is 8.11. The van der Waals surface area contributed by atoms with Crippen LogP contribution in [0.1, 0.15) is 43.0 Å². The molecule has 4 aromatic rings. The first-order chi connectivity index (χ1) is 12.0. The van der Waals surface area contributed by atoms with E-state index >= 15 is 0 Å². The molecule has 0 N–H and O–H groups in total. The standard InChI is InChI=1S/C22H16O3/c1-13-3-7-15(8-4-13)20(23)18-11-17-12-19(22(18)25-17)21(24)16-9-5-14(2)6-10-16/h3-12H,1-2H3. The van der Waals surface area contributed by atoms with Crippen LogP contribution in [-0.4, -0.2) is 11.6 Å². The van der Waals surface area contributed by atoms with Crippen LogP contribution < -0.4 is 0 Å². The fourth-order valence-electron chi connectivity index (χ4n) is 2.95. The molecule has 4 rings (SSSR count). The fraction of sp³-hybridized carbons (Fsp3) is 0.0909. The number of rotatable bonds is 4. The van der Waals surface area contributed by atoms with Crippen LogP contribution in [-0.2, 0) is 0 Å². The molecule has 0 atom stereocenters. The lowest BCUT2D eigenvalue weighted by atomic mass is 9.96. The molecule has 0 saturated heterocycles. The Morgan fingerprint density at radius 3 is 1.44 bits per heavy atom. The van der Waals surface area contributed by atoms with Crippen molar-refractivity contribution in [1.29, 1.82) is 0 Å². The van der Waals surface area contributed by atoms with Gasteiger partial charge in [-0.3, -0.25) is 9.59 Å². The molecule has 0 amide bonds. The Hall–Kier alpha value is -3.20. The van der Waals surface area contributed by atoms with E-state index in [0.29, 0.717) is 33.4 Å². The second-order valence-corrected chi connectivity index (χ2v) is 6.34. The number of carbonyl (C=O) groups is 2. The number of fused-ring (bicyclic) bond motifs is 2. The number of furan rings is 2. The van der Waals surface area contributed by atoms with Crippen molar-refractivity contribution in [1.82, 2.24) is 0 Å². The normalized spacial score (nSPS) is 11.1. The van der Waals surface area contributed by atoms with Gasteiger partial charge in [0, 0.05) is 11.1 Å². The third-order valence-electron chi connectivity index (χ3n) is 4.40. The van der Waals surface area contributed by atoms with Gasteiger partial charge in [0.05, 0.1) is 11.1 Å². The fourth-order valence-corrected chi connectivity index (χ4v) is 2.95. The molecule has 0 spiro atoms. The summed E-state index contributed by atoms with van der Waals surface area (Å²) in [4.78, 5) is 25.6. The first kappa shape index (κ1) is 15.3. The van der Waals surface area contributed by atoms with Crippen LogP contribution in [0, 0.1) is 13.8 Å². The number of benzene rings is 3. The van der Waals surface area contributed by atoms with Crippen molar-refractivity contribution in [3.63, 3.8) is 0 Å². The van der Waals surface area contributed by atoms with Gasteiger partial charge in [0.25, 0.3) is 0 Å². The summed E-state index contributed by atoms with van der Waals surface area (Å²) in [5.41, 5.74) is 5.14. The van der Waals surface area contributed by atoms with Gasteiger partial charge in [-0.25, -0.2) is 0 Å². The summed E-state index contributed by atoms with van der Waals surface area (Å²) >= 11 is 0. The van der Waals surface area contributed by atoms with Gasteiger partial charge in [0.2, 0.25) is 0 Å². The number of aryl methyl sites for hydroxylation is 2. The van der Waals surface area contributed by atoms with E-state index in [4.69, 9.17) is 4.42 Å². The average Bonchev–Trinajstić information content (AvgIpc) is 3.22. The molecule has 0 aliphatic carbocycles. The Labute approximate surface area is 145 Å². The SMILES string of the molecule is Cc1ccc(C(=O)c2cc3cc(C(=O)c4ccc(C)cc4)c2o3)cc1. The maximum atomic E-state index is 12.8. The summed E-state index contributed by atoms with van der Waals surface area (Å²) < 4.78 is 5.64. The summed E-state index contributed by atoms with van der Waals surface area (Å²) in [5, 5.41) is 0. The zero-order valence-electron chi connectivity index (χ0n) is 14.0. The summed E-state index contributed by atoms with van der Waals surface area (Å²) in [6, 6.07) is 18.2. The molecule has 25 heavy (non-hydrogen) atoms. The number of ketones is 2. The molecule has 0 radical (unpaired) electrons. The Balaban J connectivity index is 1.74. The molecule has 2 heterocycles. The predicted molar refractivity (Wildman–Crippen MR) is 96.6 cm³/mol. The van der Waals surface area contributed by atoms with E-state index < -0.39 is 0 Å². The summed E-state index contributed by atoms with van der Waals surface area (Å²) in [5.74, 6) is -0.264. The van der Waals surface area contributed by atoms with Gasteiger partial charge in [0.1, 0.15) is 11.2 Å². The lowest BCUT2D eigenvalue weighted by molar-refractivity contribution is 0.103. The van der Waals surface area contributed by atoms with Crippen LogP contribution in [0.15, 0.2) is 65.1 Å². The van der Waals surface area contributed by atoms with E-state index in [0.717, 1.165) is 11.1 Å². The molecule has 3 nitrogen and oxygen atoms in total. The Morgan fingerprint density at radius 1 is 0.680 bits per heavy atom. The molecule has 3 heteroatoms. The lowest BCUT2D eigenvalue weighted by Gasteiger charge is -2.03. The number of carbonyl (C=O) groups excluding carboxylic acids is 2. The second-order valence-electron chi connectivity index (χ2n) is 6.34. The van der Waals surface area contributed by atoms with Gasteiger partial charge >= 0.3 is 0 Å². The van der Waals surface area contributed by atoms with E-state index in [-0.39, 0.29) is 11.6 Å². The van der Waals surface area contributed by atoms with Crippen molar-refractivity contribution < 1.29 is 14.0 Å². The van der Waals surface area contributed by atoms with E-state index in [1.165, 1.54) is 0 Å². The minimum atomic E-state index is -0.132. The quantitative estimate of drug-likeness (QED) is 0.498.